The lowest BCUT2D eigenvalue weighted by Crippen LogP contribution is -2.05. The van der Waals surface area contributed by atoms with Gasteiger partial charge in [0.25, 0.3) is 0 Å². The summed E-state index contributed by atoms with van der Waals surface area (Å²) >= 11 is 6.14. The number of hydrogen-bond acceptors (Lipinski definition) is 3. The second kappa shape index (κ2) is 6.40. The molecule has 2 aromatic heterocycles. The van der Waals surface area contributed by atoms with Gasteiger partial charge in [-0.3, -0.25) is 0 Å². The summed E-state index contributed by atoms with van der Waals surface area (Å²) in [5.41, 5.74) is 1.52. The molecule has 1 N–H and O–H groups in total. The summed E-state index contributed by atoms with van der Waals surface area (Å²) in [4.78, 5) is 8.27. The van der Waals surface area contributed by atoms with Crippen LogP contribution in [0.5, 0.6) is 0 Å². The number of anilines is 1. The van der Waals surface area contributed by atoms with E-state index < -0.39 is 11.7 Å². The van der Waals surface area contributed by atoms with Crippen molar-refractivity contribution in [1.82, 2.24) is 14.5 Å². The monoisotopic (exact) mass is 366 g/mol. The summed E-state index contributed by atoms with van der Waals surface area (Å²) in [6.07, 6.45) is -3.01. The molecule has 0 saturated heterocycles. The minimum absolute atomic E-state index is 0.249. The standard InChI is InChI=1S/C17H14ClF3N4/c1-22-16-8-13(23-9-24-16)15-6-5-14(25(15)2)11-7-10(17(19,20)21)3-4-12(11)18/h3-9H,1-2H3,(H,22,23,24). The quantitative estimate of drug-likeness (QED) is 0.719. The summed E-state index contributed by atoms with van der Waals surface area (Å²) in [6, 6.07) is 8.55. The molecule has 0 fully saturated rings. The molecule has 0 aliphatic carbocycles. The van der Waals surface area contributed by atoms with Crippen LogP contribution in [0.2, 0.25) is 5.02 Å². The summed E-state index contributed by atoms with van der Waals surface area (Å²) in [5, 5.41) is 3.17. The summed E-state index contributed by atoms with van der Waals surface area (Å²) < 4.78 is 40.7. The van der Waals surface area contributed by atoms with Gasteiger partial charge in [-0.2, -0.15) is 13.2 Å². The van der Waals surface area contributed by atoms with E-state index in [1.54, 1.807) is 36.9 Å². The van der Waals surface area contributed by atoms with Crippen LogP contribution in [0, 0.1) is 0 Å². The van der Waals surface area contributed by atoms with Gasteiger partial charge in [-0.05, 0) is 30.3 Å². The van der Waals surface area contributed by atoms with Crippen LogP contribution < -0.4 is 5.32 Å². The average Bonchev–Trinajstić information content (AvgIpc) is 2.95. The molecule has 0 spiro atoms. The average molecular weight is 367 g/mol. The van der Waals surface area contributed by atoms with Crippen LogP contribution in [-0.2, 0) is 13.2 Å². The Bertz CT molecular complexity index is 918. The molecule has 0 unspecified atom stereocenters. The third-order valence-corrected chi connectivity index (χ3v) is 4.21. The van der Waals surface area contributed by atoms with Gasteiger partial charge in [0, 0.05) is 36.4 Å². The molecule has 2 heterocycles. The summed E-state index contributed by atoms with van der Waals surface area (Å²) in [7, 11) is 3.49. The molecule has 130 valence electrons. The number of rotatable bonds is 3. The largest absolute Gasteiger partial charge is 0.416 e. The zero-order valence-electron chi connectivity index (χ0n) is 13.4. The van der Waals surface area contributed by atoms with Crippen LogP contribution in [0.3, 0.4) is 0 Å². The first-order valence-electron chi connectivity index (χ1n) is 7.34. The number of halogens is 4. The second-order valence-corrected chi connectivity index (χ2v) is 5.80. The molecule has 3 rings (SSSR count). The number of alkyl halides is 3. The number of hydrogen-bond donors (Lipinski definition) is 1. The van der Waals surface area contributed by atoms with Crippen molar-refractivity contribution in [2.75, 3.05) is 12.4 Å². The number of aromatic nitrogens is 3. The Labute approximate surface area is 147 Å². The van der Waals surface area contributed by atoms with Gasteiger partial charge in [-0.1, -0.05) is 11.6 Å². The van der Waals surface area contributed by atoms with E-state index in [0.29, 0.717) is 22.8 Å². The van der Waals surface area contributed by atoms with Crippen molar-refractivity contribution < 1.29 is 13.2 Å². The minimum Gasteiger partial charge on any atom is -0.373 e. The van der Waals surface area contributed by atoms with Crippen LogP contribution in [0.4, 0.5) is 19.0 Å². The molecule has 0 aliphatic heterocycles. The molecule has 0 atom stereocenters. The smallest absolute Gasteiger partial charge is 0.373 e. The zero-order valence-corrected chi connectivity index (χ0v) is 14.2. The Morgan fingerprint density at radius 2 is 1.76 bits per heavy atom. The lowest BCUT2D eigenvalue weighted by molar-refractivity contribution is -0.137. The Hall–Kier alpha value is -2.54. The highest BCUT2D eigenvalue weighted by molar-refractivity contribution is 6.33. The lowest BCUT2D eigenvalue weighted by Gasteiger charge is -2.12. The Morgan fingerprint density at radius 3 is 2.44 bits per heavy atom. The van der Waals surface area contributed by atoms with Crippen molar-refractivity contribution in [3.05, 3.63) is 53.3 Å². The minimum atomic E-state index is -4.43. The van der Waals surface area contributed by atoms with E-state index >= 15 is 0 Å². The van der Waals surface area contributed by atoms with E-state index in [-0.39, 0.29) is 5.02 Å². The molecule has 0 amide bonds. The second-order valence-electron chi connectivity index (χ2n) is 5.39. The summed E-state index contributed by atoms with van der Waals surface area (Å²) in [6.45, 7) is 0. The lowest BCUT2D eigenvalue weighted by atomic mass is 10.1. The van der Waals surface area contributed by atoms with Crippen molar-refractivity contribution >= 4 is 17.4 Å². The number of benzene rings is 1. The van der Waals surface area contributed by atoms with Crippen LogP contribution in [0.1, 0.15) is 5.56 Å². The maximum atomic E-state index is 13.0. The Balaban J connectivity index is 2.10. The van der Waals surface area contributed by atoms with Crippen molar-refractivity contribution in [3.63, 3.8) is 0 Å². The third kappa shape index (κ3) is 3.32. The van der Waals surface area contributed by atoms with Gasteiger partial charge in [-0.25, -0.2) is 9.97 Å². The van der Waals surface area contributed by atoms with Crippen molar-refractivity contribution in [2.45, 2.75) is 6.18 Å². The highest BCUT2D eigenvalue weighted by Crippen LogP contribution is 2.37. The van der Waals surface area contributed by atoms with Gasteiger partial charge < -0.3 is 9.88 Å². The molecule has 1 aromatic carbocycles. The molecule has 0 bridgehead atoms. The SMILES string of the molecule is CNc1cc(-c2ccc(-c3cc(C(F)(F)F)ccc3Cl)n2C)ncn1. The first kappa shape index (κ1) is 17.3. The molecule has 0 aliphatic rings. The molecule has 0 saturated carbocycles. The third-order valence-electron chi connectivity index (χ3n) is 3.88. The Morgan fingerprint density at radius 1 is 1.04 bits per heavy atom. The first-order valence-corrected chi connectivity index (χ1v) is 7.72. The van der Waals surface area contributed by atoms with Gasteiger partial charge in [0.2, 0.25) is 0 Å². The van der Waals surface area contributed by atoms with Crippen molar-refractivity contribution in [1.29, 1.82) is 0 Å². The normalized spacial score (nSPS) is 11.6. The maximum absolute atomic E-state index is 13.0. The number of nitrogens with one attached hydrogen (secondary N) is 1. The van der Waals surface area contributed by atoms with Gasteiger partial charge in [0.1, 0.15) is 12.1 Å². The van der Waals surface area contributed by atoms with Gasteiger partial charge >= 0.3 is 6.18 Å². The van der Waals surface area contributed by atoms with Crippen LogP contribution >= 0.6 is 11.6 Å². The van der Waals surface area contributed by atoms with Crippen molar-refractivity contribution in [3.8, 4) is 22.6 Å². The fraction of sp³-hybridized carbons (Fsp3) is 0.176. The highest BCUT2D eigenvalue weighted by atomic mass is 35.5. The molecular weight excluding hydrogens is 353 g/mol. The van der Waals surface area contributed by atoms with Crippen molar-refractivity contribution in [2.24, 2.45) is 7.05 Å². The molecule has 8 heteroatoms. The topological polar surface area (TPSA) is 42.7 Å². The molecular formula is C17H14ClF3N4. The predicted molar refractivity (Wildman–Crippen MR) is 91.4 cm³/mol. The zero-order chi connectivity index (χ0) is 18.2. The maximum Gasteiger partial charge on any atom is 0.416 e. The van der Waals surface area contributed by atoms with E-state index in [9.17, 15) is 13.2 Å². The van der Waals surface area contributed by atoms with Crippen LogP contribution in [0.25, 0.3) is 22.6 Å². The molecule has 4 nitrogen and oxygen atoms in total. The number of nitrogens with zero attached hydrogens (tertiary/aromatic N) is 3. The van der Waals surface area contributed by atoms with E-state index in [0.717, 1.165) is 17.8 Å². The van der Waals surface area contributed by atoms with Crippen LogP contribution in [-0.4, -0.2) is 21.6 Å². The summed E-state index contributed by atoms with van der Waals surface area (Å²) in [5.74, 6) is 0.643. The first-order chi connectivity index (χ1) is 11.8. The fourth-order valence-electron chi connectivity index (χ4n) is 2.57. The van der Waals surface area contributed by atoms with E-state index in [2.05, 4.69) is 15.3 Å². The van der Waals surface area contributed by atoms with E-state index in [1.165, 1.54) is 12.4 Å². The van der Waals surface area contributed by atoms with Gasteiger partial charge in [0.15, 0.2) is 0 Å². The van der Waals surface area contributed by atoms with Gasteiger partial charge in [0.05, 0.1) is 17.0 Å². The fourth-order valence-corrected chi connectivity index (χ4v) is 2.79. The Kier molecular flexibility index (Phi) is 4.43. The highest BCUT2D eigenvalue weighted by Gasteiger charge is 2.31. The molecule has 0 radical (unpaired) electrons. The van der Waals surface area contributed by atoms with Gasteiger partial charge in [-0.15, -0.1) is 0 Å². The van der Waals surface area contributed by atoms with E-state index in [1.807, 2.05) is 0 Å². The molecule has 25 heavy (non-hydrogen) atoms. The predicted octanol–water partition coefficient (Wildman–Crippen LogP) is 4.86. The van der Waals surface area contributed by atoms with E-state index in [4.69, 9.17) is 11.6 Å². The molecule has 3 aromatic rings. The van der Waals surface area contributed by atoms with Crippen LogP contribution in [0.15, 0.2) is 42.7 Å².